The molecule has 2 aromatic rings. The van der Waals surface area contributed by atoms with Gasteiger partial charge in [-0.3, -0.25) is 9.48 Å². The van der Waals surface area contributed by atoms with Crippen molar-refractivity contribution in [2.45, 2.75) is 45.6 Å². The number of aryl methyl sites for hydroxylation is 1. The highest BCUT2D eigenvalue weighted by atomic mass is 32.1. The molecule has 0 unspecified atom stereocenters. The van der Waals surface area contributed by atoms with Crippen LogP contribution in [-0.2, 0) is 0 Å². The molecule has 6 heteroatoms. The Morgan fingerprint density at radius 3 is 2.59 bits per heavy atom. The number of amides is 1. The van der Waals surface area contributed by atoms with Crippen molar-refractivity contribution in [3.8, 4) is 0 Å². The van der Waals surface area contributed by atoms with E-state index in [4.69, 9.17) is 0 Å². The molecule has 1 amide bonds. The predicted molar refractivity (Wildman–Crippen MR) is 87.3 cm³/mol. The van der Waals surface area contributed by atoms with Gasteiger partial charge in [0.25, 0.3) is 5.91 Å². The van der Waals surface area contributed by atoms with Crippen molar-refractivity contribution in [1.82, 2.24) is 19.7 Å². The molecule has 0 saturated carbocycles. The number of hydrogen-bond donors (Lipinski definition) is 0. The van der Waals surface area contributed by atoms with Crippen LogP contribution in [0.25, 0.3) is 0 Å². The summed E-state index contributed by atoms with van der Waals surface area (Å²) in [4.78, 5) is 20.2. The Balaban J connectivity index is 1.61. The molecular weight excluding hydrogens is 296 g/mol. The van der Waals surface area contributed by atoms with E-state index < -0.39 is 0 Å². The monoisotopic (exact) mass is 318 g/mol. The Hall–Kier alpha value is -1.69. The largest absolute Gasteiger partial charge is 0.339 e. The maximum absolute atomic E-state index is 12.5. The van der Waals surface area contributed by atoms with Crippen molar-refractivity contribution >= 4 is 17.2 Å². The summed E-state index contributed by atoms with van der Waals surface area (Å²) in [6, 6.07) is 0.278. The van der Waals surface area contributed by atoms with E-state index in [1.165, 1.54) is 9.88 Å². The Kier molecular flexibility index (Phi) is 4.29. The van der Waals surface area contributed by atoms with Crippen molar-refractivity contribution in [2.24, 2.45) is 0 Å². The van der Waals surface area contributed by atoms with Gasteiger partial charge in [-0.2, -0.15) is 5.10 Å². The molecule has 1 aliphatic heterocycles. The van der Waals surface area contributed by atoms with Crippen LogP contribution in [0.4, 0.5) is 0 Å². The van der Waals surface area contributed by atoms with Gasteiger partial charge in [0.05, 0.1) is 16.8 Å². The van der Waals surface area contributed by atoms with Crippen LogP contribution in [-0.4, -0.2) is 38.7 Å². The van der Waals surface area contributed by atoms with Crippen LogP contribution in [0.1, 0.15) is 58.9 Å². The fourth-order valence-electron chi connectivity index (χ4n) is 2.80. The van der Waals surface area contributed by atoms with Crippen molar-refractivity contribution in [3.63, 3.8) is 0 Å². The summed E-state index contributed by atoms with van der Waals surface area (Å²) in [5.41, 5.74) is 0.692. The van der Waals surface area contributed by atoms with Gasteiger partial charge in [0.1, 0.15) is 0 Å². The van der Waals surface area contributed by atoms with E-state index in [0.29, 0.717) is 11.5 Å². The molecule has 0 atom stereocenters. The molecule has 0 aliphatic carbocycles. The molecule has 2 aromatic heterocycles. The summed E-state index contributed by atoms with van der Waals surface area (Å²) in [6.45, 7) is 7.81. The van der Waals surface area contributed by atoms with Crippen molar-refractivity contribution in [2.75, 3.05) is 13.1 Å². The number of aromatic nitrogens is 3. The number of hydrogen-bond acceptors (Lipinski definition) is 4. The van der Waals surface area contributed by atoms with Crippen LogP contribution in [0.5, 0.6) is 0 Å². The Morgan fingerprint density at radius 2 is 2.05 bits per heavy atom. The number of piperidine rings is 1. The maximum atomic E-state index is 12.5. The zero-order chi connectivity index (χ0) is 15.7. The fourth-order valence-corrected chi connectivity index (χ4v) is 3.75. The van der Waals surface area contributed by atoms with Gasteiger partial charge < -0.3 is 4.90 Å². The molecule has 0 aromatic carbocycles. The van der Waals surface area contributed by atoms with E-state index in [-0.39, 0.29) is 11.9 Å². The summed E-state index contributed by atoms with van der Waals surface area (Å²) < 4.78 is 1.83. The zero-order valence-electron chi connectivity index (χ0n) is 13.3. The van der Waals surface area contributed by atoms with Crippen LogP contribution in [0.15, 0.2) is 18.6 Å². The molecule has 118 valence electrons. The summed E-state index contributed by atoms with van der Waals surface area (Å²) in [6.07, 6.45) is 7.47. The third-order valence-electron chi connectivity index (χ3n) is 4.15. The molecule has 1 fully saturated rings. The van der Waals surface area contributed by atoms with Crippen LogP contribution < -0.4 is 0 Å². The fraction of sp³-hybridized carbons (Fsp3) is 0.562. The van der Waals surface area contributed by atoms with Gasteiger partial charge in [-0.15, -0.1) is 11.3 Å². The smallest absolute Gasteiger partial charge is 0.257 e. The molecule has 3 rings (SSSR count). The zero-order valence-corrected chi connectivity index (χ0v) is 14.1. The highest BCUT2D eigenvalue weighted by molar-refractivity contribution is 7.11. The average molecular weight is 318 g/mol. The topological polar surface area (TPSA) is 51.0 Å². The van der Waals surface area contributed by atoms with E-state index in [1.54, 1.807) is 17.5 Å². The lowest BCUT2D eigenvalue weighted by Crippen LogP contribution is -2.37. The molecule has 1 saturated heterocycles. The molecule has 3 heterocycles. The summed E-state index contributed by atoms with van der Waals surface area (Å²) in [5, 5.41) is 5.48. The third-order valence-corrected chi connectivity index (χ3v) is 5.22. The third kappa shape index (κ3) is 3.06. The first-order valence-corrected chi connectivity index (χ1v) is 8.62. The summed E-state index contributed by atoms with van der Waals surface area (Å²) in [7, 11) is 0. The van der Waals surface area contributed by atoms with Crippen LogP contribution in [0.2, 0.25) is 0 Å². The van der Waals surface area contributed by atoms with Gasteiger partial charge >= 0.3 is 0 Å². The molecule has 0 bridgehead atoms. The first kappa shape index (κ1) is 15.2. The molecule has 0 spiro atoms. The second-order valence-electron chi connectivity index (χ2n) is 6.18. The summed E-state index contributed by atoms with van der Waals surface area (Å²) in [5.74, 6) is 0.599. The molecule has 1 aliphatic rings. The molecule has 0 N–H and O–H groups in total. The molecule has 5 nitrogen and oxygen atoms in total. The quantitative estimate of drug-likeness (QED) is 0.873. The lowest BCUT2D eigenvalue weighted by atomic mass is 9.97. The van der Waals surface area contributed by atoms with E-state index >= 15 is 0 Å². The van der Waals surface area contributed by atoms with Crippen LogP contribution in [0.3, 0.4) is 0 Å². The van der Waals surface area contributed by atoms with Crippen LogP contribution in [0, 0.1) is 6.92 Å². The molecular formula is C16H22N4OS. The van der Waals surface area contributed by atoms with Crippen molar-refractivity contribution in [3.05, 3.63) is 34.0 Å². The molecule has 0 radical (unpaired) electrons. The van der Waals surface area contributed by atoms with E-state index in [9.17, 15) is 4.79 Å². The first-order chi connectivity index (χ1) is 10.5. The van der Waals surface area contributed by atoms with Gasteiger partial charge in [0.15, 0.2) is 0 Å². The number of carbonyl (C=O) groups excluding carboxylic acids is 1. The Bertz CT molecular complexity index is 653. The van der Waals surface area contributed by atoms with E-state index in [1.807, 2.05) is 22.0 Å². The lowest BCUT2D eigenvalue weighted by Gasteiger charge is -2.30. The number of nitrogens with zero attached hydrogens (tertiary/aromatic N) is 4. The van der Waals surface area contributed by atoms with Gasteiger partial charge in [-0.1, -0.05) is 0 Å². The number of carbonyl (C=O) groups is 1. The van der Waals surface area contributed by atoms with Gasteiger partial charge in [0.2, 0.25) is 0 Å². The Labute approximate surface area is 135 Å². The second-order valence-corrected chi connectivity index (χ2v) is 7.44. The van der Waals surface area contributed by atoms with Gasteiger partial charge in [-0.05, 0) is 33.6 Å². The van der Waals surface area contributed by atoms with Crippen molar-refractivity contribution in [1.29, 1.82) is 0 Å². The summed E-state index contributed by atoms with van der Waals surface area (Å²) >= 11 is 1.78. The van der Waals surface area contributed by atoms with Crippen LogP contribution >= 0.6 is 11.3 Å². The predicted octanol–water partition coefficient (Wildman–Crippen LogP) is 3.25. The minimum atomic E-state index is 0.0978. The normalized spacial score (nSPS) is 16.5. The lowest BCUT2D eigenvalue weighted by molar-refractivity contribution is 0.0713. The highest BCUT2D eigenvalue weighted by Crippen LogP contribution is 2.31. The first-order valence-electron chi connectivity index (χ1n) is 7.80. The average Bonchev–Trinajstić information content (AvgIpc) is 3.16. The Morgan fingerprint density at radius 1 is 1.32 bits per heavy atom. The maximum Gasteiger partial charge on any atom is 0.257 e. The standard InChI is InChI=1S/C16H22N4OS/c1-11(2)20-10-14(9-18-20)16(21)19-6-4-13(5-7-19)15-17-8-12(3)22-15/h8-11,13H,4-7H2,1-3H3. The minimum Gasteiger partial charge on any atom is -0.339 e. The van der Waals surface area contributed by atoms with Gasteiger partial charge in [-0.25, -0.2) is 4.98 Å². The van der Waals surface area contributed by atoms with Gasteiger partial charge in [0, 0.05) is 42.3 Å². The number of thiazole rings is 1. The number of likely N-dealkylation sites (tertiary alicyclic amines) is 1. The number of rotatable bonds is 3. The SMILES string of the molecule is Cc1cnc(C2CCN(C(=O)c3cnn(C(C)C)c3)CC2)s1. The van der Waals surface area contributed by atoms with E-state index in [0.717, 1.165) is 25.9 Å². The van der Waals surface area contributed by atoms with E-state index in [2.05, 4.69) is 30.9 Å². The minimum absolute atomic E-state index is 0.0978. The second kappa shape index (κ2) is 6.20. The highest BCUT2D eigenvalue weighted by Gasteiger charge is 2.26. The van der Waals surface area contributed by atoms with Crippen molar-refractivity contribution < 1.29 is 4.79 Å². The molecule has 22 heavy (non-hydrogen) atoms.